The van der Waals surface area contributed by atoms with Crippen LogP contribution in [-0.4, -0.2) is 5.71 Å². The van der Waals surface area contributed by atoms with Crippen molar-refractivity contribution in [2.75, 3.05) is 5.01 Å². The molecular formula is C23H22N2O. The highest BCUT2D eigenvalue weighted by molar-refractivity contribution is 5.86. The van der Waals surface area contributed by atoms with Gasteiger partial charge in [-0.1, -0.05) is 60.7 Å². The number of para-hydroxylation sites is 1. The molecule has 26 heavy (non-hydrogen) atoms. The summed E-state index contributed by atoms with van der Waals surface area (Å²) in [7, 11) is 0. The van der Waals surface area contributed by atoms with Gasteiger partial charge in [-0.2, -0.15) is 5.10 Å². The van der Waals surface area contributed by atoms with Gasteiger partial charge in [0, 0.05) is 12.1 Å². The molecule has 4 rings (SSSR count). The van der Waals surface area contributed by atoms with E-state index in [0.717, 1.165) is 23.6 Å². The average Bonchev–Trinajstić information content (AvgIpc) is 3.10. The summed E-state index contributed by atoms with van der Waals surface area (Å²) in [5.74, 6) is 0.888. The first-order valence-corrected chi connectivity index (χ1v) is 8.94. The van der Waals surface area contributed by atoms with Crippen LogP contribution >= 0.6 is 0 Å². The first-order valence-electron chi connectivity index (χ1n) is 8.94. The third-order valence-electron chi connectivity index (χ3n) is 4.60. The van der Waals surface area contributed by atoms with Gasteiger partial charge in [0.05, 0.1) is 11.7 Å². The van der Waals surface area contributed by atoms with Crippen molar-refractivity contribution in [2.24, 2.45) is 5.10 Å². The van der Waals surface area contributed by atoms with E-state index in [2.05, 4.69) is 72.6 Å². The Hall–Kier alpha value is -3.07. The molecule has 0 fully saturated rings. The van der Waals surface area contributed by atoms with Gasteiger partial charge >= 0.3 is 0 Å². The summed E-state index contributed by atoms with van der Waals surface area (Å²) in [6.07, 6.45) is 0.944. The lowest BCUT2D eigenvalue weighted by Gasteiger charge is -2.24. The molecule has 3 aromatic carbocycles. The van der Waals surface area contributed by atoms with Crippen molar-refractivity contribution < 1.29 is 4.74 Å². The van der Waals surface area contributed by atoms with Crippen molar-refractivity contribution in [1.82, 2.24) is 0 Å². The number of ether oxygens (including phenoxy) is 1. The van der Waals surface area contributed by atoms with E-state index in [9.17, 15) is 0 Å². The molecule has 0 aliphatic carbocycles. The Kier molecular flexibility index (Phi) is 4.69. The molecule has 0 aromatic heterocycles. The van der Waals surface area contributed by atoms with E-state index in [1.165, 1.54) is 11.1 Å². The Balaban J connectivity index is 1.47. The Labute approximate surface area is 154 Å². The molecule has 1 atom stereocenters. The molecule has 1 aliphatic heterocycles. The number of rotatable bonds is 5. The number of anilines is 1. The molecule has 0 amide bonds. The van der Waals surface area contributed by atoms with E-state index < -0.39 is 0 Å². The summed E-state index contributed by atoms with van der Waals surface area (Å²) in [5, 5.41) is 6.85. The molecule has 3 aromatic rings. The van der Waals surface area contributed by atoms with Gasteiger partial charge in [0.25, 0.3) is 0 Å². The van der Waals surface area contributed by atoms with Crippen LogP contribution in [0.1, 0.15) is 30.5 Å². The second-order valence-corrected chi connectivity index (χ2v) is 6.58. The fourth-order valence-corrected chi connectivity index (χ4v) is 3.27. The molecule has 0 saturated heterocycles. The summed E-state index contributed by atoms with van der Waals surface area (Å²) in [5.41, 5.74) is 4.70. The van der Waals surface area contributed by atoms with E-state index in [-0.39, 0.29) is 6.04 Å². The molecular weight excluding hydrogens is 320 g/mol. The summed E-state index contributed by atoms with van der Waals surface area (Å²) in [6, 6.07) is 29.2. The van der Waals surface area contributed by atoms with Gasteiger partial charge in [-0.05, 0) is 42.3 Å². The third kappa shape index (κ3) is 3.62. The van der Waals surface area contributed by atoms with Gasteiger partial charge < -0.3 is 4.74 Å². The van der Waals surface area contributed by atoms with Crippen LogP contribution in [0.15, 0.2) is 90.0 Å². The molecule has 0 bridgehead atoms. The first-order chi connectivity index (χ1) is 12.8. The van der Waals surface area contributed by atoms with E-state index in [1.54, 1.807) is 0 Å². The highest BCUT2D eigenvalue weighted by Gasteiger charge is 2.27. The molecule has 1 aliphatic rings. The predicted octanol–water partition coefficient (Wildman–Crippen LogP) is 5.59. The Morgan fingerprint density at radius 1 is 0.885 bits per heavy atom. The normalized spacial score (nSPS) is 16.4. The number of hydrogen-bond acceptors (Lipinski definition) is 3. The summed E-state index contributed by atoms with van der Waals surface area (Å²) < 4.78 is 5.90. The molecule has 130 valence electrons. The van der Waals surface area contributed by atoms with Crippen LogP contribution in [0.3, 0.4) is 0 Å². The first kappa shape index (κ1) is 16.4. The van der Waals surface area contributed by atoms with Crippen LogP contribution in [0.2, 0.25) is 0 Å². The van der Waals surface area contributed by atoms with Gasteiger partial charge in [-0.15, -0.1) is 0 Å². The number of hydrogen-bond donors (Lipinski definition) is 0. The third-order valence-corrected chi connectivity index (χ3v) is 4.60. The van der Waals surface area contributed by atoms with Gasteiger partial charge in [0.15, 0.2) is 0 Å². The van der Waals surface area contributed by atoms with Gasteiger partial charge in [-0.25, -0.2) is 0 Å². The maximum Gasteiger partial charge on any atom is 0.119 e. The quantitative estimate of drug-likeness (QED) is 0.603. The van der Waals surface area contributed by atoms with Gasteiger partial charge in [0.1, 0.15) is 12.4 Å². The smallest absolute Gasteiger partial charge is 0.119 e. The SMILES string of the molecule is CC1=NN(c2ccccc2)[C@@H](c2ccc(OCc3ccccc3)cc2)C1. The molecule has 0 radical (unpaired) electrons. The maximum absolute atomic E-state index is 5.90. The minimum atomic E-state index is 0.237. The standard InChI is InChI=1S/C23H22N2O/c1-18-16-23(25(24-18)21-10-6-3-7-11-21)20-12-14-22(15-13-20)26-17-19-8-4-2-5-9-19/h2-15,23H,16-17H2,1H3/t23-/m1/s1. The van der Waals surface area contributed by atoms with Crippen LogP contribution in [0.25, 0.3) is 0 Å². The molecule has 1 heterocycles. The van der Waals surface area contributed by atoms with Crippen LogP contribution in [0.5, 0.6) is 5.75 Å². The topological polar surface area (TPSA) is 24.8 Å². The fraction of sp³-hybridized carbons (Fsp3) is 0.174. The average molecular weight is 342 g/mol. The number of nitrogens with zero attached hydrogens (tertiary/aromatic N) is 2. The highest BCUT2D eigenvalue weighted by Crippen LogP contribution is 2.35. The molecule has 0 saturated carbocycles. The number of hydrazone groups is 1. The second-order valence-electron chi connectivity index (χ2n) is 6.58. The molecule has 3 heteroatoms. The van der Waals surface area contributed by atoms with Crippen LogP contribution in [0.4, 0.5) is 5.69 Å². The molecule has 0 spiro atoms. The summed E-state index contributed by atoms with van der Waals surface area (Å²) in [4.78, 5) is 0. The Morgan fingerprint density at radius 3 is 2.23 bits per heavy atom. The van der Waals surface area contributed by atoms with Gasteiger partial charge in [-0.3, -0.25) is 5.01 Å². The fourth-order valence-electron chi connectivity index (χ4n) is 3.27. The van der Waals surface area contributed by atoms with Crippen molar-refractivity contribution in [3.05, 3.63) is 96.1 Å². The van der Waals surface area contributed by atoms with Crippen LogP contribution in [0, 0.1) is 0 Å². The van der Waals surface area contributed by atoms with Crippen molar-refractivity contribution in [2.45, 2.75) is 26.0 Å². The van der Waals surface area contributed by atoms with Crippen LogP contribution < -0.4 is 9.75 Å². The highest BCUT2D eigenvalue weighted by atomic mass is 16.5. The van der Waals surface area contributed by atoms with Crippen molar-refractivity contribution in [3.63, 3.8) is 0 Å². The minimum absolute atomic E-state index is 0.237. The Morgan fingerprint density at radius 2 is 1.54 bits per heavy atom. The lowest BCUT2D eigenvalue weighted by molar-refractivity contribution is 0.306. The van der Waals surface area contributed by atoms with E-state index in [1.807, 2.05) is 24.3 Å². The van der Waals surface area contributed by atoms with E-state index >= 15 is 0 Å². The van der Waals surface area contributed by atoms with E-state index in [4.69, 9.17) is 9.84 Å². The largest absolute Gasteiger partial charge is 0.489 e. The lowest BCUT2D eigenvalue weighted by atomic mass is 10.0. The zero-order valence-corrected chi connectivity index (χ0v) is 14.9. The molecule has 0 N–H and O–H groups in total. The summed E-state index contributed by atoms with van der Waals surface area (Å²) in [6.45, 7) is 2.68. The maximum atomic E-state index is 5.90. The zero-order valence-electron chi connectivity index (χ0n) is 14.9. The zero-order chi connectivity index (χ0) is 17.8. The van der Waals surface area contributed by atoms with Crippen molar-refractivity contribution >= 4 is 11.4 Å². The second kappa shape index (κ2) is 7.44. The predicted molar refractivity (Wildman–Crippen MR) is 107 cm³/mol. The van der Waals surface area contributed by atoms with Crippen molar-refractivity contribution in [1.29, 1.82) is 0 Å². The number of benzene rings is 3. The van der Waals surface area contributed by atoms with Gasteiger partial charge in [0.2, 0.25) is 0 Å². The van der Waals surface area contributed by atoms with E-state index in [0.29, 0.717) is 6.61 Å². The monoisotopic (exact) mass is 342 g/mol. The van der Waals surface area contributed by atoms with Crippen LogP contribution in [-0.2, 0) is 6.61 Å². The Bertz CT molecular complexity index is 873. The lowest BCUT2D eigenvalue weighted by Crippen LogP contribution is -2.18. The van der Waals surface area contributed by atoms with Crippen molar-refractivity contribution in [3.8, 4) is 5.75 Å². The minimum Gasteiger partial charge on any atom is -0.489 e. The molecule has 0 unspecified atom stereocenters. The summed E-state index contributed by atoms with van der Waals surface area (Å²) >= 11 is 0. The molecule has 3 nitrogen and oxygen atoms in total.